The lowest BCUT2D eigenvalue weighted by molar-refractivity contribution is 0.253. The number of hydrogen-bond acceptors (Lipinski definition) is 3. The van der Waals surface area contributed by atoms with Crippen LogP contribution in [0.4, 0.5) is 0 Å². The monoisotopic (exact) mass is 406 g/mol. The van der Waals surface area contributed by atoms with Gasteiger partial charge >= 0.3 is 0 Å². The summed E-state index contributed by atoms with van der Waals surface area (Å²) in [6, 6.07) is 9.95. The molecule has 0 saturated heterocycles. The van der Waals surface area contributed by atoms with Crippen molar-refractivity contribution in [3.63, 3.8) is 0 Å². The van der Waals surface area contributed by atoms with Crippen LogP contribution in [0.1, 0.15) is 44.3 Å². The molecule has 1 saturated carbocycles. The van der Waals surface area contributed by atoms with Crippen LogP contribution in [-0.4, -0.2) is 19.2 Å². The molecule has 1 aliphatic rings. The van der Waals surface area contributed by atoms with Crippen molar-refractivity contribution in [2.75, 3.05) is 0 Å². The number of fused-ring (bicyclic) bond motifs is 3. The Hall–Kier alpha value is -2.66. The highest BCUT2D eigenvalue weighted by Gasteiger charge is 2.24. The molecule has 148 valence electrons. The second-order valence-electron chi connectivity index (χ2n) is 8.12. The fourth-order valence-corrected chi connectivity index (χ4v) is 4.84. The number of halogens is 1. The van der Waals surface area contributed by atoms with E-state index in [-0.39, 0.29) is 11.6 Å². The van der Waals surface area contributed by atoms with Gasteiger partial charge in [-0.05, 0) is 49.4 Å². The zero-order chi connectivity index (χ0) is 20.1. The topological polar surface area (TPSA) is 52.2 Å². The molecule has 2 atom stereocenters. The predicted octanol–water partition coefficient (Wildman–Crippen LogP) is 5.42. The normalized spacial score (nSPS) is 19.8. The molecule has 1 aromatic carbocycles. The highest BCUT2D eigenvalue weighted by molar-refractivity contribution is 6.30. The number of aromatic nitrogens is 4. The Labute approximate surface area is 174 Å². The summed E-state index contributed by atoms with van der Waals surface area (Å²) in [6.07, 6.45) is 8.31. The fraction of sp³-hybridized carbons (Fsp3) is 0.348. The summed E-state index contributed by atoms with van der Waals surface area (Å²) in [4.78, 5) is 17.9. The van der Waals surface area contributed by atoms with Gasteiger partial charge in [0.15, 0.2) is 5.65 Å². The lowest BCUT2D eigenvalue weighted by Crippen LogP contribution is -2.30. The van der Waals surface area contributed by atoms with Gasteiger partial charge in [-0.3, -0.25) is 4.79 Å². The molecule has 1 aliphatic carbocycles. The number of hydrogen-bond donors (Lipinski definition) is 0. The standard InChI is InChI=1S/C23H23ClN4O/c1-14-5-3-4-6-19(14)27-12-11-20-18(23(27)29)13-25-22-21(15(2)26-28(20)22)16-7-9-17(24)10-8-16/h7-14,19H,3-6H2,1-2H3/t14-,19-/m0/s1. The van der Waals surface area contributed by atoms with Crippen molar-refractivity contribution in [3.8, 4) is 11.1 Å². The van der Waals surface area contributed by atoms with Crippen LogP contribution in [0.25, 0.3) is 27.7 Å². The first kappa shape index (κ1) is 18.4. The molecular formula is C23H23ClN4O. The average Bonchev–Trinajstić information content (AvgIpc) is 3.06. The van der Waals surface area contributed by atoms with Crippen molar-refractivity contribution < 1.29 is 0 Å². The van der Waals surface area contributed by atoms with Crippen LogP contribution in [-0.2, 0) is 0 Å². The van der Waals surface area contributed by atoms with E-state index in [1.54, 1.807) is 10.7 Å². The van der Waals surface area contributed by atoms with Crippen LogP contribution in [0.15, 0.2) is 47.5 Å². The third kappa shape index (κ3) is 2.96. The Bertz CT molecular complexity index is 1270. The van der Waals surface area contributed by atoms with Gasteiger partial charge in [0.05, 0.1) is 16.6 Å². The summed E-state index contributed by atoms with van der Waals surface area (Å²) in [6.45, 7) is 4.21. The molecule has 0 bridgehead atoms. The van der Waals surface area contributed by atoms with E-state index >= 15 is 0 Å². The minimum absolute atomic E-state index is 0.0249. The maximum atomic E-state index is 13.3. The van der Waals surface area contributed by atoms with Crippen molar-refractivity contribution >= 4 is 28.2 Å². The lowest BCUT2D eigenvalue weighted by atomic mass is 9.85. The summed E-state index contributed by atoms with van der Waals surface area (Å²) in [7, 11) is 0. The summed E-state index contributed by atoms with van der Waals surface area (Å²) in [5.41, 5.74) is 4.42. The molecular weight excluding hydrogens is 384 g/mol. The summed E-state index contributed by atoms with van der Waals surface area (Å²) in [5.74, 6) is 0.513. The largest absolute Gasteiger partial charge is 0.312 e. The van der Waals surface area contributed by atoms with Crippen molar-refractivity contribution in [2.24, 2.45) is 5.92 Å². The van der Waals surface area contributed by atoms with E-state index in [9.17, 15) is 4.79 Å². The van der Waals surface area contributed by atoms with E-state index in [0.29, 0.717) is 16.3 Å². The van der Waals surface area contributed by atoms with E-state index in [2.05, 4.69) is 11.9 Å². The quantitative estimate of drug-likeness (QED) is 0.446. The molecule has 3 heterocycles. The molecule has 29 heavy (non-hydrogen) atoms. The number of nitrogens with zero attached hydrogens (tertiary/aromatic N) is 4. The van der Waals surface area contributed by atoms with Crippen molar-refractivity contribution in [1.29, 1.82) is 0 Å². The van der Waals surface area contributed by atoms with E-state index < -0.39 is 0 Å². The highest BCUT2D eigenvalue weighted by Crippen LogP contribution is 2.33. The summed E-state index contributed by atoms with van der Waals surface area (Å²) >= 11 is 6.04. The lowest BCUT2D eigenvalue weighted by Gasteiger charge is -2.30. The molecule has 5 rings (SSSR count). The minimum Gasteiger partial charge on any atom is -0.312 e. The van der Waals surface area contributed by atoms with Gasteiger partial charge in [0.2, 0.25) is 0 Å². The van der Waals surface area contributed by atoms with E-state index in [4.69, 9.17) is 16.7 Å². The van der Waals surface area contributed by atoms with Gasteiger partial charge in [-0.2, -0.15) is 5.10 Å². The smallest absolute Gasteiger partial charge is 0.261 e. The molecule has 0 aliphatic heterocycles. The Morgan fingerprint density at radius 3 is 2.62 bits per heavy atom. The van der Waals surface area contributed by atoms with E-state index in [0.717, 1.165) is 34.4 Å². The van der Waals surface area contributed by atoms with E-state index in [1.807, 2.05) is 48.0 Å². The molecule has 0 amide bonds. The van der Waals surface area contributed by atoms with Gasteiger partial charge in [-0.25, -0.2) is 9.50 Å². The second-order valence-corrected chi connectivity index (χ2v) is 8.55. The number of benzene rings is 1. The van der Waals surface area contributed by atoms with Crippen molar-refractivity contribution in [1.82, 2.24) is 19.2 Å². The van der Waals surface area contributed by atoms with Crippen LogP contribution < -0.4 is 5.56 Å². The molecule has 1 fully saturated rings. The SMILES string of the molecule is Cc1nn2c(ncc3c(=O)n([C@H]4CCCC[C@@H]4C)ccc32)c1-c1ccc(Cl)cc1. The molecule has 0 N–H and O–H groups in total. The van der Waals surface area contributed by atoms with Crippen LogP contribution in [0.5, 0.6) is 0 Å². The Morgan fingerprint density at radius 1 is 1.10 bits per heavy atom. The second kappa shape index (κ2) is 6.99. The minimum atomic E-state index is 0.0249. The number of aryl methyl sites for hydroxylation is 1. The third-order valence-corrected chi connectivity index (χ3v) is 6.52. The zero-order valence-corrected chi connectivity index (χ0v) is 17.4. The fourth-order valence-electron chi connectivity index (χ4n) is 4.72. The average molecular weight is 407 g/mol. The first-order chi connectivity index (χ1) is 14.0. The summed E-state index contributed by atoms with van der Waals surface area (Å²) in [5, 5.41) is 6.02. The van der Waals surface area contributed by atoms with Gasteiger partial charge in [0.25, 0.3) is 5.56 Å². The molecule has 5 nitrogen and oxygen atoms in total. The van der Waals surface area contributed by atoms with Crippen LogP contribution in [0.3, 0.4) is 0 Å². The Balaban J connectivity index is 1.70. The van der Waals surface area contributed by atoms with Gasteiger partial charge in [-0.15, -0.1) is 0 Å². The molecule has 0 radical (unpaired) electrons. The Kier molecular flexibility index (Phi) is 4.43. The van der Waals surface area contributed by atoms with Crippen LogP contribution >= 0.6 is 11.6 Å². The first-order valence-corrected chi connectivity index (χ1v) is 10.6. The maximum absolute atomic E-state index is 13.3. The molecule has 3 aromatic heterocycles. The van der Waals surface area contributed by atoms with Gasteiger partial charge in [0, 0.05) is 29.0 Å². The number of pyridine rings is 1. The third-order valence-electron chi connectivity index (χ3n) is 6.27. The van der Waals surface area contributed by atoms with Crippen LogP contribution in [0, 0.1) is 12.8 Å². The highest BCUT2D eigenvalue weighted by atomic mass is 35.5. The Morgan fingerprint density at radius 2 is 1.86 bits per heavy atom. The summed E-state index contributed by atoms with van der Waals surface area (Å²) < 4.78 is 3.71. The molecule has 6 heteroatoms. The molecule has 0 spiro atoms. The number of rotatable bonds is 2. The van der Waals surface area contributed by atoms with Gasteiger partial charge < -0.3 is 4.57 Å². The zero-order valence-electron chi connectivity index (χ0n) is 16.6. The molecule has 4 aromatic rings. The first-order valence-electron chi connectivity index (χ1n) is 10.2. The van der Waals surface area contributed by atoms with Gasteiger partial charge in [-0.1, -0.05) is 43.5 Å². The van der Waals surface area contributed by atoms with Crippen LogP contribution in [0.2, 0.25) is 5.02 Å². The van der Waals surface area contributed by atoms with Gasteiger partial charge in [0.1, 0.15) is 0 Å². The van der Waals surface area contributed by atoms with Crippen molar-refractivity contribution in [2.45, 2.75) is 45.6 Å². The maximum Gasteiger partial charge on any atom is 0.261 e. The van der Waals surface area contributed by atoms with Crippen molar-refractivity contribution in [3.05, 3.63) is 63.8 Å². The van der Waals surface area contributed by atoms with E-state index in [1.165, 1.54) is 19.3 Å². The predicted molar refractivity (Wildman–Crippen MR) is 117 cm³/mol. The molecule has 0 unspecified atom stereocenters.